The molecule has 0 radical (unpaired) electrons. The summed E-state index contributed by atoms with van der Waals surface area (Å²) in [4.78, 5) is 12.5. The highest BCUT2D eigenvalue weighted by Gasteiger charge is 2.30. The van der Waals surface area contributed by atoms with Crippen molar-refractivity contribution in [1.29, 1.82) is 0 Å². The first kappa shape index (κ1) is 20.5. The number of nitrogens with one attached hydrogen (secondary N) is 2. The van der Waals surface area contributed by atoms with Gasteiger partial charge < -0.3 is 15.1 Å². The Morgan fingerprint density at radius 2 is 1.74 bits per heavy atom. The van der Waals surface area contributed by atoms with Gasteiger partial charge in [-0.1, -0.05) is 35.9 Å². The van der Waals surface area contributed by atoms with Crippen molar-refractivity contribution in [2.75, 3.05) is 10.6 Å². The fraction of sp³-hybridized carbons (Fsp3) is 0.125. The van der Waals surface area contributed by atoms with Crippen LogP contribution in [0.4, 0.5) is 24.5 Å². The van der Waals surface area contributed by atoms with E-state index >= 15 is 0 Å². The van der Waals surface area contributed by atoms with Gasteiger partial charge in [0.05, 0.1) is 5.56 Å². The zero-order valence-corrected chi connectivity index (χ0v) is 16.6. The topological polar surface area (TPSA) is 54.3 Å². The van der Waals surface area contributed by atoms with E-state index in [1.807, 2.05) is 37.3 Å². The minimum atomic E-state index is -4.48. The molecule has 158 valence electrons. The van der Waals surface area contributed by atoms with Gasteiger partial charge in [0.15, 0.2) is 5.76 Å². The number of fused-ring (bicyclic) bond motifs is 1. The third-order valence-electron chi connectivity index (χ3n) is 4.77. The minimum Gasteiger partial charge on any atom is -0.451 e. The van der Waals surface area contributed by atoms with Crippen LogP contribution in [0.15, 0.2) is 77.2 Å². The maximum Gasteiger partial charge on any atom is 0.416 e. The summed E-state index contributed by atoms with van der Waals surface area (Å²) in [6.45, 7) is 2.68. The lowest BCUT2D eigenvalue weighted by molar-refractivity contribution is -0.137. The minimum absolute atomic E-state index is 0.0169. The number of alkyl halides is 3. The smallest absolute Gasteiger partial charge is 0.416 e. The second kappa shape index (κ2) is 8.18. The molecule has 2 N–H and O–H groups in total. The highest BCUT2D eigenvalue weighted by molar-refractivity contribution is 6.04. The Morgan fingerprint density at radius 3 is 2.52 bits per heavy atom. The Labute approximate surface area is 176 Å². The summed E-state index contributed by atoms with van der Waals surface area (Å²) < 4.78 is 44.1. The normalized spacial score (nSPS) is 11.5. The fourth-order valence-electron chi connectivity index (χ4n) is 3.26. The van der Waals surface area contributed by atoms with Crippen molar-refractivity contribution in [3.8, 4) is 0 Å². The predicted molar refractivity (Wildman–Crippen MR) is 114 cm³/mol. The molecule has 1 heterocycles. The molecule has 4 aromatic rings. The van der Waals surface area contributed by atoms with E-state index in [4.69, 9.17) is 4.42 Å². The van der Waals surface area contributed by atoms with Gasteiger partial charge in [0, 0.05) is 23.3 Å². The van der Waals surface area contributed by atoms with Crippen LogP contribution >= 0.6 is 0 Å². The third kappa shape index (κ3) is 4.88. The molecule has 0 aliphatic rings. The quantitative estimate of drug-likeness (QED) is 0.378. The molecule has 1 aromatic heterocycles. The highest BCUT2D eigenvalue weighted by atomic mass is 19.4. The molecule has 7 heteroatoms. The lowest BCUT2D eigenvalue weighted by atomic mass is 10.1. The Bertz CT molecular complexity index is 1250. The fourth-order valence-corrected chi connectivity index (χ4v) is 3.26. The summed E-state index contributed by atoms with van der Waals surface area (Å²) in [5, 5.41) is 6.49. The average molecular weight is 424 g/mol. The first-order valence-corrected chi connectivity index (χ1v) is 9.59. The Kier molecular flexibility index (Phi) is 5.42. The van der Waals surface area contributed by atoms with Gasteiger partial charge >= 0.3 is 6.18 Å². The molecule has 0 unspecified atom stereocenters. The maximum atomic E-state index is 12.9. The van der Waals surface area contributed by atoms with Crippen LogP contribution < -0.4 is 10.6 Å². The van der Waals surface area contributed by atoms with Crippen molar-refractivity contribution >= 4 is 28.3 Å². The van der Waals surface area contributed by atoms with Crippen LogP contribution in [-0.2, 0) is 12.7 Å². The van der Waals surface area contributed by atoms with Gasteiger partial charge in [0.2, 0.25) is 0 Å². The van der Waals surface area contributed by atoms with E-state index in [0.29, 0.717) is 17.5 Å². The van der Waals surface area contributed by atoms with Crippen molar-refractivity contribution in [1.82, 2.24) is 0 Å². The molecule has 0 aliphatic heterocycles. The Balaban J connectivity index is 1.48. The van der Waals surface area contributed by atoms with Gasteiger partial charge in [0.25, 0.3) is 5.91 Å². The molecule has 0 spiro atoms. The molecule has 0 atom stereocenters. The van der Waals surface area contributed by atoms with Crippen LogP contribution in [0.25, 0.3) is 11.0 Å². The van der Waals surface area contributed by atoms with Gasteiger partial charge in [-0.05, 0) is 55.0 Å². The zero-order chi connectivity index (χ0) is 22.0. The van der Waals surface area contributed by atoms with E-state index in [0.717, 1.165) is 23.4 Å². The van der Waals surface area contributed by atoms with Crippen LogP contribution in [0, 0.1) is 6.92 Å². The number of rotatable bonds is 5. The van der Waals surface area contributed by atoms with Gasteiger partial charge in [-0.25, -0.2) is 0 Å². The van der Waals surface area contributed by atoms with Crippen molar-refractivity contribution in [3.05, 3.63) is 95.2 Å². The Hall–Kier alpha value is -3.74. The lowest BCUT2D eigenvalue weighted by Gasteiger charge is -2.09. The SMILES string of the molecule is Cc1cccc(CNc2ccc3oc(C(=O)Nc4cccc(C(F)(F)F)c4)cc3c2)c1. The standard InChI is InChI=1S/C24H19F3N2O2/c1-15-4-2-5-16(10-15)14-28-19-8-9-21-17(11-19)12-22(31-21)23(30)29-20-7-3-6-18(13-20)24(25,26)27/h2-13,28H,14H2,1H3,(H,29,30). The van der Waals surface area contributed by atoms with Crippen LogP contribution in [0.2, 0.25) is 0 Å². The van der Waals surface area contributed by atoms with E-state index < -0.39 is 17.6 Å². The van der Waals surface area contributed by atoms with Gasteiger partial charge in [0.1, 0.15) is 5.58 Å². The monoisotopic (exact) mass is 424 g/mol. The number of furan rings is 1. The Morgan fingerprint density at radius 1 is 0.935 bits per heavy atom. The number of anilines is 2. The summed E-state index contributed by atoms with van der Waals surface area (Å²) in [7, 11) is 0. The van der Waals surface area contributed by atoms with Crippen molar-refractivity contribution in [2.45, 2.75) is 19.6 Å². The largest absolute Gasteiger partial charge is 0.451 e. The number of aryl methyl sites for hydroxylation is 1. The molecule has 3 aromatic carbocycles. The van der Waals surface area contributed by atoms with Crippen LogP contribution in [-0.4, -0.2) is 5.91 Å². The molecule has 0 fully saturated rings. The number of halogens is 3. The van der Waals surface area contributed by atoms with E-state index in [-0.39, 0.29) is 11.4 Å². The van der Waals surface area contributed by atoms with E-state index in [9.17, 15) is 18.0 Å². The zero-order valence-electron chi connectivity index (χ0n) is 16.6. The van der Waals surface area contributed by atoms with E-state index in [2.05, 4.69) is 16.7 Å². The number of carbonyl (C=O) groups excluding carboxylic acids is 1. The van der Waals surface area contributed by atoms with Crippen LogP contribution in [0.3, 0.4) is 0 Å². The first-order valence-electron chi connectivity index (χ1n) is 9.59. The summed E-state index contributed by atoms with van der Waals surface area (Å²) in [5.41, 5.74) is 2.91. The summed E-state index contributed by atoms with van der Waals surface area (Å²) in [6, 6.07) is 19.6. The number of hydrogen-bond donors (Lipinski definition) is 2. The first-order chi connectivity index (χ1) is 14.8. The van der Waals surface area contributed by atoms with Crippen molar-refractivity contribution < 1.29 is 22.4 Å². The van der Waals surface area contributed by atoms with Gasteiger partial charge in [-0.2, -0.15) is 13.2 Å². The average Bonchev–Trinajstić information content (AvgIpc) is 3.15. The number of benzene rings is 3. The number of amides is 1. The lowest BCUT2D eigenvalue weighted by Crippen LogP contribution is -2.12. The van der Waals surface area contributed by atoms with Gasteiger partial charge in [-0.15, -0.1) is 0 Å². The molecule has 0 saturated heterocycles. The molecule has 0 aliphatic carbocycles. The molecular formula is C24H19F3N2O2. The van der Waals surface area contributed by atoms with Crippen LogP contribution in [0.5, 0.6) is 0 Å². The molecule has 1 amide bonds. The van der Waals surface area contributed by atoms with Crippen molar-refractivity contribution in [2.24, 2.45) is 0 Å². The highest BCUT2D eigenvalue weighted by Crippen LogP contribution is 2.31. The number of hydrogen-bond acceptors (Lipinski definition) is 3. The summed E-state index contributed by atoms with van der Waals surface area (Å²) in [6.07, 6.45) is -4.48. The summed E-state index contributed by atoms with van der Waals surface area (Å²) >= 11 is 0. The molecule has 0 bridgehead atoms. The molecular weight excluding hydrogens is 405 g/mol. The number of carbonyl (C=O) groups is 1. The maximum absolute atomic E-state index is 12.9. The van der Waals surface area contributed by atoms with E-state index in [1.54, 1.807) is 12.1 Å². The molecule has 4 nitrogen and oxygen atoms in total. The second-order valence-corrected chi connectivity index (χ2v) is 7.24. The van der Waals surface area contributed by atoms with Crippen molar-refractivity contribution in [3.63, 3.8) is 0 Å². The van der Waals surface area contributed by atoms with Gasteiger partial charge in [-0.3, -0.25) is 4.79 Å². The second-order valence-electron chi connectivity index (χ2n) is 7.24. The summed E-state index contributed by atoms with van der Waals surface area (Å²) in [5.74, 6) is -0.604. The van der Waals surface area contributed by atoms with Crippen LogP contribution in [0.1, 0.15) is 27.2 Å². The molecule has 31 heavy (non-hydrogen) atoms. The third-order valence-corrected chi connectivity index (χ3v) is 4.77. The predicted octanol–water partition coefficient (Wildman–Crippen LogP) is 6.62. The molecule has 4 rings (SSSR count). The van der Waals surface area contributed by atoms with E-state index in [1.165, 1.54) is 17.7 Å². The molecule has 0 saturated carbocycles.